The highest BCUT2D eigenvalue weighted by Crippen LogP contribution is 2.41. The number of methoxy groups -OCH3 is 1. The third-order valence-corrected chi connectivity index (χ3v) is 4.41. The number of halogens is 2. The third-order valence-electron chi connectivity index (χ3n) is 4.41. The van der Waals surface area contributed by atoms with Crippen molar-refractivity contribution in [2.75, 3.05) is 40.0 Å². The molecule has 0 radical (unpaired) electrons. The Labute approximate surface area is 117 Å². The lowest BCUT2D eigenvalue weighted by Gasteiger charge is -2.26. The lowest BCUT2D eigenvalue weighted by Crippen LogP contribution is -2.35. The molecule has 2 atom stereocenters. The van der Waals surface area contributed by atoms with E-state index in [4.69, 9.17) is 9.47 Å². The molecular weight excluding hydrogens is 264 g/mol. The van der Waals surface area contributed by atoms with Crippen LogP contribution in [0.2, 0.25) is 0 Å². The highest BCUT2D eigenvalue weighted by molar-refractivity contribution is 5.18. The van der Waals surface area contributed by atoms with E-state index < -0.39 is 11.6 Å². The highest BCUT2D eigenvalue weighted by Gasteiger charge is 2.50. The lowest BCUT2D eigenvalue weighted by atomic mass is 9.82. The molecule has 0 bridgehead atoms. The van der Waals surface area contributed by atoms with Crippen LogP contribution in [0.25, 0.3) is 0 Å². The van der Waals surface area contributed by atoms with Crippen LogP contribution in [-0.2, 0) is 16.0 Å². The zero-order valence-electron chi connectivity index (χ0n) is 11.6. The van der Waals surface area contributed by atoms with Crippen LogP contribution >= 0.6 is 0 Å². The maximum absolute atomic E-state index is 13.2. The summed E-state index contributed by atoms with van der Waals surface area (Å²) in [6, 6.07) is 4.12. The Morgan fingerprint density at radius 1 is 1.40 bits per heavy atom. The van der Waals surface area contributed by atoms with Crippen molar-refractivity contribution < 1.29 is 18.3 Å². The topological polar surface area (TPSA) is 21.7 Å². The molecule has 0 aliphatic carbocycles. The van der Waals surface area contributed by atoms with Crippen molar-refractivity contribution in [1.29, 1.82) is 0 Å². The molecule has 0 spiro atoms. The van der Waals surface area contributed by atoms with Crippen molar-refractivity contribution in [3.05, 3.63) is 35.4 Å². The average molecular weight is 283 g/mol. The average Bonchev–Trinajstić information content (AvgIpc) is 2.90. The van der Waals surface area contributed by atoms with Crippen LogP contribution in [0.4, 0.5) is 8.78 Å². The maximum atomic E-state index is 13.2. The zero-order chi connectivity index (χ0) is 14.2. The Morgan fingerprint density at radius 2 is 2.25 bits per heavy atom. The Morgan fingerprint density at radius 3 is 3.00 bits per heavy atom. The minimum Gasteiger partial charge on any atom is -0.384 e. The molecule has 0 unspecified atom stereocenters. The molecule has 2 fully saturated rings. The van der Waals surface area contributed by atoms with E-state index in [1.165, 1.54) is 12.1 Å². The molecular formula is C15H19F2NO2. The molecule has 20 heavy (non-hydrogen) atoms. The van der Waals surface area contributed by atoms with Gasteiger partial charge in [0.15, 0.2) is 11.6 Å². The van der Waals surface area contributed by atoms with E-state index in [1.54, 1.807) is 13.2 Å². The summed E-state index contributed by atoms with van der Waals surface area (Å²) in [6.45, 7) is 4.61. The highest BCUT2D eigenvalue weighted by atomic mass is 19.2. The molecule has 110 valence electrons. The maximum Gasteiger partial charge on any atom is 0.159 e. The summed E-state index contributed by atoms with van der Waals surface area (Å²) >= 11 is 0. The molecule has 0 saturated carbocycles. The predicted molar refractivity (Wildman–Crippen MR) is 70.3 cm³/mol. The smallest absolute Gasteiger partial charge is 0.159 e. The minimum absolute atomic E-state index is 0.0628. The number of hydrogen-bond acceptors (Lipinski definition) is 3. The van der Waals surface area contributed by atoms with Gasteiger partial charge >= 0.3 is 0 Å². The molecule has 0 N–H and O–H groups in total. The van der Waals surface area contributed by atoms with E-state index in [0.717, 1.165) is 31.9 Å². The second-order valence-corrected chi connectivity index (χ2v) is 5.93. The predicted octanol–water partition coefficient (Wildman–Crippen LogP) is 2.06. The standard InChI is InChI=1S/C15H19F2NO2/c1-19-9-15-8-18(6-12(15)7-20-10-15)5-11-2-3-13(16)14(17)4-11/h2-4,12H,5-10H2,1H3/t12-,15-/m0/s1. The lowest BCUT2D eigenvalue weighted by molar-refractivity contribution is 0.0533. The minimum atomic E-state index is -0.795. The van der Waals surface area contributed by atoms with Gasteiger partial charge in [0.1, 0.15) is 0 Å². The fraction of sp³-hybridized carbons (Fsp3) is 0.600. The molecule has 2 aliphatic heterocycles. The van der Waals surface area contributed by atoms with E-state index in [1.807, 2.05) is 0 Å². The first-order chi connectivity index (χ1) is 9.63. The van der Waals surface area contributed by atoms with Crippen molar-refractivity contribution in [2.45, 2.75) is 6.54 Å². The molecule has 1 aromatic carbocycles. The first-order valence-electron chi connectivity index (χ1n) is 6.86. The van der Waals surface area contributed by atoms with Gasteiger partial charge in [-0.15, -0.1) is 0 Å². The van der Waals surface area contributed by atoms with E-state index in [9.17, 15) is 8.78 Å². The molecule has 3 rings (SSSR count). The number of hydrogen-bond donors (Lipinski definition) is 0. The van der Waals surface area contributed by atoms with Crippen LogP contribution in [-0.4, -0.2) is 44.9 Å². The van der Waals surface area contributed by atoms with E-state index in [-0.39, 0.29) is 5.41 Å². The van der Waals surface area contributed by atoms with Gasteiger partial charge in [0.2, 0.25) is 0 Å². The molecule has 1 aromatic rings. The van der Waals surface area contributed by atoms with Gasteiger partial charge in [0.25, 0.3) is 0 Å². The van der Waals surface area contributed by atoms with Crippen molar-refractivity contribution in [3.8, 4) is 0 Å². The number of benzene rings is 1. The van der Waals surface area contributed by atoms with E-state index in [2.05, 4.69) is 4.90 Å². The summed E-state index contributed by atoms with van der Waals surface area (Å²) in [5.41, 5.74) is 0.866. The molecule has 3 nitrogen and oxygen atoms in total. The first kappa shape index (κ1) is 13.9. The quantitative estimate of drug-likeness (QED) is 0.844. The number of nitrogens with zero attached hydrogens (tertiary/aromatic N) is 1. The van der Waals surface area contributed by atoms with Crippen molar-refractivity contribution in [2.24, 2.45) is 11.3 Å². The van der Waals surface area contributed by atoms with Crippen LogP contribution in [0, 0.1) is 23.0 Å². The van der Waals surface area contributed by atoms with Gasteiger partial charge in [0.05, 0.1) is 19.8 Å². The van der Waals surface area contributed by atoms with Crippen molar-refractivity contribution >= 4 is 0 Å². The van der Waals surface area contributed by atoms with Crippen molar-refractivity contribution in [3.63, 3.8) is 0 Å². The fourth-order valence-electron chi connectivity index (χ4n) is 3.45. The van der Waals surface area contributed by atoms with Crippen LogP contribution in [0.5, 0.6) is 0 Å². The van der Waals surface area contributed by atoms with Gasteiger partial charge in [-0.3, -0.25) is 4.90 Å². The van der Waals surface area contributed by atoms with Gasteiger partial charge in [0, 0.05) is 38.1 Å². The van der Waals surface area contributed by atoms with Gasteiger partial charge in [-0.25, -0.2) is 8.78 Å². The number of ether oxygens (including phenoxy) is 2. The van der Waals surface area contributed by atoms with Crippen LogP contribution in [0.1, 0.15) is 5.56 Å². The number of fused-ring (bicyclic) bond motifs is 1. The zero-order valence-corrected chi connectivity index (χ0v) is 11.6. The Kier molecular flexibility index (Phi) is 3.75. The summed E-state index contributed by atoms with van der Waals surface area (Å²) in [5, 5.41) is 0. The Hall–Kier alpha value is -1.04. The third kappa shape index (κ3) is 2.45. The second kappa shape index (κ2) is 5.39. The molecule has 2 heterocycles. The van der Waals surface area contributed by atoms with Gasteiger partial charge < -0.3 is 9.47 Å². The SMILES string of the molecule is COC[C@@]12COC[C@@H]1CN(Cc1ccc(F)c(F)c1)C2. The largest absolute Gasteiger partial charge is 0.384 e. The van der Waals surface area contributed by atoms with Gasteiger partial charge in [-0.1, -0.05) is 6.07 Å². The first-order valence-corrected chi connectivity index (χ1v) is 6.86. The van der Waals surface area contributed by atoms with Crippen LogP contribution in [0.15, 0.2) is 18.2 Å². The second-order valence-electron chi connectivity index (χ2n) is 5.93. The molecule has 2 aliphatic rings. The molecule has 0 aromatic heterocycles. The number of likely N-dealkylation sites (tertiary alicyclic amines) is 1. The Balaban J connectivity index is 1.69. The summed E-state index contributed by atoms with van der Waals surface area (Å²) < 4.78 is 37.1. The van der Waals surface area contributed by atoms with Gasteiger partial charge in [-0.2, -0.15) is 0 Å². The summed E-state index contributed by atoms with van der Waals surface area (Å²) in [4.78, 5) is 2.28. The summed E-state index contributed by atoms with van der Waals surface area (Å²) in [7, 11) is 1.71. The summed E-state index contributed by atoms with van der Waals surface area (Å²) in [6.07, 6.45) is 0. The number of rotatable bonds is 4. The Bertz CT molecular complexity index is 497. The molecule has 0 amide bonds. The van der Waals surface area contributed by atoms with Crippen LogP contribution in [0.3, 0.4) is 0 Å². The van der Waals surface area contributed by atoms with Crippen molar-refractivity contribution in [1.82, 2.24) is 4.90 Å². The van der Waals surface area contributed by atoms with E-state index >= 15 is 0 Å². The normalized spacial score (nSPS) is 29.9. The molecule has 2 saturated heterocycles. The molecule has 5 heteroatoms. The fourth-order valence-corrected chi connectivity index (χ4v) is 3.45. The monoisotopic (exact) mass is 283 g/mol. The van der Waals surface area contributed by atoms with Gasteiger partial charge in [-0.05, 0) is 17.7 Å². The van der Waals surface area contributed by atoms with Crippen LogP contribution < -0.4 is 0 Å². The van der Waals surface area contributed by atoms with E-state index in [0.29, 0.717) is 19.1 Å². The summed E-state index contributed by atoms with van der Waals surface area (Å²) in [5.74, 6) is -1.11.